The number of sulfone groups is 1. The van der Waals surface area contributed by atoms with Crippen LogP contribution in [-0.2, 0) is 21.2 Å². The highest BCUT2D eigenvalue weighted by molar-refractivity contribution is 14.1. The SMILES string of the molecule is CC(C)[C@]1(S(C)(=O)=O)C(=O)N(I)C2=CCN(C(=O)c3ccc(CN4CCC5CCCC=C5C4)cc3)[C@H]21. The lowest BCUT2D eigenvalue weighted by atomic mass is 9.82. The Bertz CT molecular complexity index is 1240. The van der Waals surface area contributed by atoms with Crippen molar-refractivity contribution in [2.75, 3.05) is 25.9 Å². The average Bonchev–Trinajstić information content (AvgIpc) is 3.36. The Hall–Kier alpha value is -1.72. The van der Waals surface area contributed by atoms with Gasteiger partial charge in [0, 0.05) is 31.5 Å². The van der Waals surface area contributed by atoms with Crippen LogP contribution in [0.3, 0.4) is 0 Å². The zero-order valence-electron chi connectivity index (χ0n) is 21.1. The molecule has 2 fully saturated rings. The Balaban J connectivity index is 1.35. The summed E-state index contributed by atoms with van der Waals surface area (Å²) in [5.41, 5.74) is 3.84. The number of fused-ring (bicyclic) bond motifs is 2. The number of nitrogens with zero attached hydrogens (tertiary/aromatic N) is 3. The number of amides is 2. The van der Waals surface area contributed by atoms with E-state index >= 15 is 0 Å². The molecule has 3 atom stereocenters. The lowest BCUT2D eigenvalue weighted by Crippen LogP contribution is -2.61. The van der Waals surface area contributed by atoms with E-state index in [0.717, 1.165) is 37.4 Å². The highest BCUT2D eigenvalue weighted by Gasteiger charge is 2.68. The third-order valence-electron chi connectivity index (χ3n) is 8.46. The van der Waals surface area contributed by atoms with Crippen molar-refractivity contribution in [2.24, 2.45) is 11.8 Å². The predicted octanol–water partition coefficient (Wildman–Crippen LogP) is 3.96. The van der Waals surface area contributed by atoms with Crippen LogP contribution >= 0.6 is 22.9 Å². The van der Waals surface area contributed by atoms with Crippen LogP contribution in [0.5, 0.6) is 0 Å². The van der Waals surface area contributed by atoms with Crippen molar-refractivity contribution in [3.63, 3.8) is 0 Å². The van der Waals surface area contributed by atoms with Crippen LogP contribution in [0.1, 0.15) is 55.5 Å². The van der Waals surface area contributed by atoms with Crippen molar-refractivity contribution < 1.29 is 18.0 Å². The standard InChI is InChI=1S/C27H34IN3O4S/c1-18(2)27(36(3,34)35)24-23(31(28)26(27)33)13-15-30(24)25(32)21-10-8-19(9-11-21)16-29-14-12-20-6-4-5-7-22(20)17-29/h7-11,13,18,20,24H,4-6,12,14-17H2,1-3H3/t20?,24-,27-/m1/s1. The minimum absolute atomic E-state index is 0.251. The number of halogens is 1. The Morgan fingerprint density at radius 3 is 2.56 bits per heavy atom. The van der Waals surface area contributed by atoms with E-state index in [4.69, 9.17) is 0 Å². The maximum atomic E-state index is 13.6. The molecule has 0 radical (unpaired) electrons. The van der Waals surface area contributed by atoms with E-state index in [9.17, 15) is 18.0 Å². The summed E-state index contributed by atoms with van der Waals surface area (Å²) in [6, 6.07) is 6.83. The molecule has 0 aromatic heterocycles. The second-order valence-corrected chi connectivity index (χ2v) is 14.1. The average molecular weight is 624 g/mol. The molecule has 1 aromatic rings. The molecule has 3 heterocycles. The number of likely N-dealkylation sites (tertiary alicyclic amines) is 1. The molecular weight excluding hydrogens is 589 g/mol. The minimum Gasteiger partial charge on any atom is -0.324 e. The molecule has 0 bridgehead atoms. The smallest absolute Gasteiger partial charge is 0.259 e. The van der Waals surface area contributed by atoms with Crippen molar-refractivity contribution in [2.45, 2.75) is 56.9 Å². The fourth-order valence-electron chi connectivity index (χ4n) is 6.66. The Kier molecular flexibility index (Phi) is 6.87. The number of carbonyl (C=O) groups is 2. The Labute approximate surface area is 228 Å². The maximum absolute atomic E-state index is 13.6. The Morgan fingerprint density at radius 2 is 1.89 bits per heavy atom. The van der Waals surface area contributed by atoms with Gasteiger partial charge in [0.25, 0.3) is 11.8 Å². The molecular formula is C27H34IN3O4S. The molecule has 3 aliphatic heterocycles. The normalized spacial score (nSPS) is 28.8. The van der Waals surface area contributed by atoms with Crippen LogP contribution in [0.15, 0.2) is 47.7 Å². The van der Waals surface area contributed by atoms with Crippen LogP contribution in [0, 0.1) is 11.8 Å². The highest BCUT2D eigenvalue weighted by Crippen LogP contribution is 2.49. The van der Waals surface area contributed by atoms with E-state index in [1.807, 2.05) is 47.1 Å². The van der Waals surface area contributed by atoms with E-state index in [1.54, 1.807) is 30.4 Å². The first-order valence-electron chi connectivity index (χ1n) is 12.8. The van der Waals surface area contributed by atoms with Gasteiger partial charge in [-0.15, -0.1) is 0 Å². The number of benzene rings is 1. The second kappa shape index (κ2) is 9.54. The predicted molar refractivity (Wildman–Crippen MR) is 148 cm³/mol. The number of rotatable bonds is 5. The van der Waals surface area contributed by atoms with Gasteiger partial charge in [-0.2, -0.15) is 0 Å². The maximum Gasteiger partial charge on any atom is 0.259 e. The first-order chi connectivity index (χ1) is 17.1. The molecule has 1 unspecified atom stereocenters. The van der Waals surface area contributed by atoms with E-state index in [-0.39, 0.29) is 12.5 Å². The minimum atomic E-state index is -3.82. The number of carbonyl (C=O) groups excluding carboxylic acids is 2. The zero-order valence-corrected chi connectivity index (χ0v) is 24.1. The first-order valence-corrected chi connectivity index (χ1v) is 15.6. The van der Waals surface area contributed by atoms with E-state index < -0.39 is 32.5 Å². The number of allylic oxidation sites excluding steroid dienone is 1. The topological polar surface area (TPSA) is 78.0 Å². The van der Waals surface area contributed by atoms with Crippen molar-refractivity contribution in [3.05, 3.63) is 58.8 Å². The second-order valence-electron chi connectivity index (χ2n) is 10.9. The van der Waals surface area contributed by atoms with E-state index in [1.165, 1.54) is 28.8 Å². The third kappa shape index (κ3) is 4.05. The first kappa shape index (κ1) is 25.9. The summed E-state index contributed by atoms with van der Waals surface area (Å²) in [6.45, 7) is 6.73. The highest BCUT2D eigenvalue weighted by atomic mass is 127. The van der Waals surface area contributed by atoms with Crippen LogP contribution in [0.4, 0.5) is 0 Å². The summed E-state index contributed by atoms with van der Waals surface area (Å²) >= 11 is 1.87. The summed E-state index contributed by atoms with van der Waals surface area (Å²) < 4.78 is 25.9. The lowest BCUT2D eigenvalue weighted by molar-refractivity contribution is -0.125. The molecule has 0 spiro atoms. The van der Waals surface area contributed by atoms with Gasteiger partial charge in [-0.25, -0.2) is 8.42 Å². The number of hydrogen-bond donors (Lipinski definition) is 0. The molecule has 5 rings (SSSR count). The summed E-state index contributed by atoms with van der Waals surface area (Å²) in [5.74, 6) is -0.451. The summed E-state index contributed by atoms with van der Waals surface area (Å²) in [4.78, 5) is 31.0. The molecule has 2 amide bonds. The van der Waals surface area contributed by atoms with Gasteiger partial charge in [0.15, 0.2) is 14.6 Å². The van der Waals surface area contributed by atoms with E-state index in [0.29, 0.717) is 11.3 Å². The largest absolute Gasteiger partial charge is 0.324 e. The van der Waals surface area contributed by atoms with E-state index in [2.05, 4.69) is 11.0 Å². The lowest BCUT2D eigenvalue weighted by Gasteiger charge is -2.38. The van der Waals surface area contributed by atoms with Gasteiger partial charge in [0.1, 0.15) is 6.04 Å². The number of piperidine rings is 1. The van der Waals surface area contributed by atoms with Crippen LogP contribution in [0.25, 0.3) is 0 Å². The van der Waals surface area contributed by atoms with Gasteiger partial charge < -0.3 is 4.90 Å². The molecule has 1 aliphatic carbocycles. The molecule has 194 valence electrons. The van der Waals surface area contributed by atoms with Gasteiger partial charge in [-0.3, -0.25) is 17.6 Å². The van der Waals surface area contributed by atoms with Crippen LogP contribution in [0.2, 0.25) is 0 Å². The molecule has 7 nitrogen and oxygen atoms in total. The fraction of sp³-hybridized carbons (Fsp3) is 0.556. The van der Waals surface area contributed by atoms with Crippen molar-refractivity contribution in [1.29, 1.82) is 0 Å². The Morgan fingerprint density at radius 1 is 1.17 bits per heavy atom. The summed E-state index contributed by atoms with van der Waals surface area (Å²) in [5, 5.41) is 0. The van der Waals surface area contributed by atoms with Crippen molar-refractivity contribution in [3.8, 4) is 0 Å². The monoisotopic (exact) mass is 623 g/mol. The third-order valence-corrected chi connectivity index (χ3v) is 11.6. The van der Waals surface area contributed by atoms with Gasteiger partial charge in [0.05, 0.1) is 28.6 Å². The quantitative estimate of drug-likeness (QED) is 0.282. The van der Waals surface area contributed by atoms with Crippen molar-refractivity contribution in [1.82, 2.24) is 12.9 Å². The zero-order chi connectivity index (χ0) is 25.8. The van der Waals surface area contributed by atoms with Gasteiger partial charge >= 0.3 is 0 Å². The number of hydrogen-bond acceptors (Lipinski definition) is 5. The van der Waals surface area contributed by atoms with Crippen LogP contribution < -0.4 is 0 Å². The fourth-order valence-corrected chi connectivity index (χ4v) is 9.60. The molecule has 0 saturated carbocycles. The van der Waals surface area contributed by atoms with Gasteiger partial charge in [-0.1, -0.05) is 37.6 Å². The molecule has 0 N–H and O–H groups in total. The molecule has 36 heavy (non-hydrogen) atoms. The van der Waals surface area contributed by atoms with Gasteiger partial charge in [-0.05, 0) is 67.8 Å². The van der Waals surface area contributed by atoms with Crippen LogP contribution in [-0.4, -0.2) is 69.8 Å². The molecule has 1 aromatic carbocycles. The molecule has 9 heteroatoms. The van der Waals surface area contributed by atoms with Gasteiger partial charge in [0.2, 0.25) is 0 Å². The van der Waals surface area contributed by atoms with Crippen molar-refractivity contribution >= 4 is 44.5 Å². The summed E-state index contributed by atoms with van der Waals surface area (Å²) in [7, 11) is -3.82. The molecule has 2 saturated heterocycles. The molecule has 4 aliphatic rings. The summed E-state index contributed by atoms with van der Waals surface area (Å²) in [6.07, 6.45) is 10.4.